The van der Waals surface area contributed by atoms with Crippen LogP contribution in [0.4, 0.5) is 10.1 Å². The van der Waals surface area contributed by atoms with Crippen LogP contribution < -0.4 is 9.62 Å². The first-order valence-electron chi connectivity index (χ1n) is 10.0. The molecule has 1 N–H and O–H groups in total. The molecule has 1 heterocycles. The van der Waals surface area contributed by atoms with Crippen molar-refractivity contribution < 1.29 is 17.6 Å². The number of hydrogen-bond donors (Lipinski definition) is 1. The first-order chi connectivity index (χ1) is 14.8. The van der Waals surface area contributed by atoms with Crippen molar-refractivity contribution in [1.29, 1.82) is 0 Å². The third-order valence-electron chi connectivity index (χ3n) is 5.52. The van der Waals surface area contributed by atoms with Gasteiger partial charge in [-0.05, 0) is 73.9 Å². The minimum absolute atomic E-state index is 0.251. The van der Waals surface area contributed by atoms with Gasteiger partial charge in [0.2, 0.25) is 0 Å². The smallest absolute Gasteiger partial charge is 0.264 e. The van der Waals surface area contributed by atoms with Gasteiger partial charge >= 0.3 is 0 Å². The highest BCUT2D eigenvalue weighted by molar-refractivity contribution is 7.92. The van der Waals surface area contributed by atoms with Gasteiger partial charge in [-0.15, -0.1) is 0 Å². The van der Waals surface area contributed by atoms with Crippen LogP contribution in [0, 0.1) is 12.7 Å². The van der Waals surface area contributed by atoms with Crippen LogP contribution in [-0.2, 0) is 16.4 Å². The molecule has 0 radical (unpaired) electrons. The Morgan fingerprint density at radius 3 is 2.39 bits per heavy atom. The van der Waals surface area contributed by atoms with Gasteiger partial charge in [-0.25, -0.2) is 12.8 Å². The van der Waals surface area contributed by atoms with E-state index in [0.717, 1.165) is 16.7 Å². The number of anilines is 1. The third kappa shape index (κ3) is 4.18. The monoisotopic (exact) mass is 438 g/mol. The molecule has 0 bridgehead atoms. The average molecular weight is 439 g/mol. The van der Waals surface area contributed by atoms with E-state index in [2.05, 4.69) is 5.32 Å². The van der Waals surface area contributed by atoms with Crippen molar-refractivity contribution in [3.63, 3.8) is 0 Å². The molecule has 3 aromatic rings. The van der Waals surface area contributed by atoms with E-state index in [-0.39, 0.29) is 22.7 Å². The number of nitrogens with one attached hydrogen (secondary N) is 1. The fraction of sp³-hybridized carbons (Fsp3) is 0.208. The Hall–Kier alpha value is -3.19. The Morgan fingerprint density at radius 1 is 1.03 bits per heavy atom. The average Bonchev–Trinajstić information content (AvgIpc) is 3.18. The fourth-order valence-electron chi connectivity index (χ4n) is 3.71. The van der Waals surface area contributed by atoms with Crippen LogP contribution in [0.15, 0.2) is 71.6 Å². The topological polar surface area (TPSA) is 66.5 Å². The van der Waals surface area contributed by atoms with Crippen LogP contribution in [0.2, 0.25) is 0 Å². The molecule has 1 unspecified atom stereocenters. The second-order valence-electron chi connectivity index (χ2n) is 7.73. The second kappa shape index (κ2) is 8.15. The van der Waals surface area contributed by atoms with Gasteiger partial charge < -0.3 is 5.32 Å². The van der Waals surface area contributed by atoms with Gasteiger partial charge in [0.25, 0.3) is 15.9 Å². The lowest BCUT2D eigenvalue weighted by Crippen LogP contribution is -2.29. The maximum absolute atomic E-state index is 13.1. The minimum atomic E-state index is -3.66. The number of nitrogens with zero attached hydrogens (tertiary/aromatic N) is 1. The summed E-state index contributed by atoms with van der Waals surface area (Å²) in [5.74, 6) is -0.592. The predicted octanol–water partition coefficient (Wildman–Crippen LogP) is 4.38. The van der Waals surface area contributed by atoms with E-state index in [9.17, 15) is 17.6 Å². The van der Waals surface area contributed by atoms with Gasteiger partial charge in [-0.3, -0.25) is 9.10 Å². The van der Waals surface area contributed by atoms with Crippen LogP contribution in [0.25, 0.3) is 0 Å². The molecule has 31 heavy (non-hydrogen) atoms. The lowest BCUT2D eigenvalue weighted by atomic mass is 10.1. The van der Waals surface area contributed by atoms with Crippen molar-refractivity contribution in [2.45, 2.75) is 31.2 Å². The highest BCUT2D eigenvalue weighted by Gasteiger charge is 2.31. The standard InChI is InChI=1S/C24H23FN2O3S/c1-16-3-10-22(11-4-16)31(29,30)27-14-13-19-15-20(7-12-23(19)27)24(28)26-17(2)18-5-8-21(25)9-6-18/h3-12,15,17H,13-14H2,1-2H3,(H,26,28). The number of fused-ring (bicyclic) bond motifs is 1. The lowest BCUT2D eigenvalue weighted by molar-refractivity contribution is 0.0940. The Bertz CT molecular complexity index is 1220. The normalized spacial score (nSPS) is 14.2. The molecule has 0 saturated heterocycles. The number of halogens is 1. The van der Waals surface area contributed by atoms with Crippen LogP contribution in [-0.4, -0.2) is 20.9 Å². The molecule has 7 heteroatoms. The summed E-state index contributed by atoms with van der Waals surface area (Å²) in [4.78, 5) is 13.0. The van der Waals surface area contributed by atoms with Crippen LogP contribution in [0.5, 0.6) is 0 Å². The van der Waals surface area contributed by atoms with Crippen molar-refractivity contribution in [3.05, 3.63) is 94.8 Å². The molecule has 1 atom stereocenters. The molecular formula is C24H23FN2O3S. The van der Waals surface area contributed by atoms with E-state index in [4.69, 9.17) is 0 Å². The number of sulfonamides is 1. The number of amides is 1. The summed E-state index contributed by atoms with van der Waals surface area (Å²) in [5, 5.41) is 2.90. The van der Waals surface area contributed by atoms with E-state index in [1.165, 1.54) is 16.4 Å². The summed E-state index contributed by atoms with van der Waals surface area (Å²) < 4.78 is 40.7. The summed E-state index contributed by atoms with van der Waals surface area (Å²) in [6, 6.07) is 17.5. The summed E-state index contributed by atoms with van der Waals surface area (Å²) in [7, 11) is -3.66. The highest BCUT2D eigenvalue weighted by Crippen LogP contribution is 2.33. The van der Waals surface area contributed by atoms with E-state index in [1.54, 1.807) is 54.6 Å². The van der Waals surface area contributed by atoms with Gasteiger partial charge in [0.1, 0.15) is 5.82 Å². The molecule has 160 valence electrons. The van der Waals surface area contributed by atoms with Crippen molar-refractivity contribution in [2.75, 3.05) is 10.8 Å². The van der Waals surface area contributed by atoms with Gasteiger partial charge in [-0.1, -0.05) is 29.8 Å². The van der Waals surface area contributed by atoms with Gasteiger partial charge in [0, 0.05) is 12.1 Å². The number of carbonyl (C=O) groups excluding carboxylic acids is 1. The van der Waals surface area contributed by atoms with E-state index in [0.29, 0.717) is 24.2 Å². The first kappa shape index (κ1) is 21.1. The molecular weight excluding hydrogens is 415 g/mol. The van der Waals surface area contributed by atoms with Gasteiger partial charge in [0.05, 0.1) is 16.6 Å². The lowest BCUT2D eigenvalue weighted by Gasteiger charge is -2.20. The highest BCUT2D eigenvalue weighted by atomic mass is 32.2. The van der Waals surface area contributed by atoms with E-state index in [1.807, 2.05) is 13.8 Å². The number of aryl methyl sites for hydroxylation is 1. The summed E-state index contributed by atoms with van der Waals surface area (Å²) in [5.41, 5.74) is 3.67. The van der Waals surface area contributed by atoms with Crippen LogP contribution in [0.3, 0.4) is 0 Å². The minimum Gasteiger partial charge on any atom is -0.346 e. The molecule has 0 spiro atoms. The Kier molecular flexibility index (Phi) is 5.54. The van der Waals surface area contributed by atoms with Crippen molar-refractivity contribution in [3.8, 4) is 0 Å². The Labute approximate surface area is 181 Å². The molecule has 3 aromatic carbocycles. The second-order valence-corrected chi connectivity index (χ2v) is 9.59. The summed E-state index contributed by atoms with van der Waals surface area (Å²) >= 11 is 0. The van der Waals surface area contributed by atoms with Crippen molar-refractivity contribution in [2.24, 2.45) is 0 Å². The molecule has 0 aliphatic carbocycles. The zero-order valence-electron chi connectivity index (χ0n) is 17.3. The predicted molar refractivity (Wildman–Crippen MR) is 118 cm³/mol. The summed E-state index contributed by atoms with van der Waals surface area (Å²) in [6.07, 6.45) is 0.537. The number of carbonyl (C=O) groups is 1. The molecule has 0 saturated carbocycles. The van der Waals surface area contributed by atoms with Crippen molar-refractivity contribution >= 4 is 21.6 Å². The molecule has 1 aliphatic heterocycles. The zero-order valence-corrected chi connectivity index (χ0v) is 18.1. The number of benzene rings is 3. The van der Waals surface area contributed by atoms with Gasteiger partial charge in [-0.2, -0.15) is 0 Å². The zero-order chi connectivity index (χ0) is 22.2. The van der Waals surface area contributed by atoms with Crippen LogP contribution in [0.1, 0.15) is 40.0 Å². The van der Waals surface area contributed by atoms with E-state index < -0.39 is 10.0 Å². The Balaban J connectivity index is 1.53. The number of rotatable bonds is 5. The molecule has 1 aliphatic rings. The quantitative estimate of drug-likeness (QED) is 0.643. The fourth-order valence-corrected chi connectivity index (χ4v) is 5.22. The van der Waals surface area contributed by atoms with Gasteiger partial charge in [0.15, 0.2) is 0 Å². The van der Waals surface area contributed by atoms with E-state index >= 15 is 0 Å². The maximum Gasteiger partial charge on any atom is 0.264 e. The third-order valence-corrected chi connectivity index (χ3v) is 7.35. The Morgan fingerprint density at radius 2 is 1.71 bits per heavy atom. The van der Waals surface area contributed by atoms with Crippen LogP contribution >= 0.6 is 0 Å². The van der Waals surface area contributed by atoms with Crippen molar-refractivity contribution in [1.82, 2.24) is 5.32 Å². The molecule has 1 amide bonds. The number of hydrogen-bond acceptors (Lipinski definition) is 3. The largest absolute Gasteiger partial charge is 0.346 e. The molecule has 5 nitrogen and oxygen atoms in total. The molecule has 0 aromatic heterocycles. The molecule has 0 fully saturated rings. The summed E-state index contributed by atoms with van der Waals surface area (Å²) in [6.45, 7) is 4.07. The SMILES string of the molecule is Cc1ccc(S(=O)(=O)N2CCc3cc(C(=O)NC(C)c4ccc(F)cc4)ccc32)cc1. The first-order valence-corrected chi connectivity index (χ1v) is 11.5. The molecule has 4 rings (SSSR count). The maximum atomic E-state index is 13.1.